The predicted molar refractivity (Wildman–Crippen MR) is 58.0 cm³/mol. The van der Waals surface area contributed by atoms with Gasteiger partial charge < -0.3 is 10.5 Å². The van der Waals surface area contributed by atoms with Gasteiger partial charge in [-0.25, -0.2) is 0 Å². The van der Waals surface area contributed by atoms with E-state index in [-0.39, 0.29) is 6.04 Å². The summed E-state index contributed by atoms with van der Waals surface area (Å²) in [6.45, 7) is 7.76. The average Bonchev–Trinajstić information content (AvgIpc) is 2.12. The molecule has 1 aliphatic rings. The van der Waals surface area contributed by atoms with Crippen molar-refractivity contribution in [2.45, 2.75) is 31.4 Å². The summed E-state index contributed by atoms with van der Waals surface area (Å²) in [5.41, 5.74) is 6.60. The number of hydrogen-bond acceptors (Lipinski definition) is 4. The van der Waals surface area contributed by atoms with E-state index in [0.717, 1.165) is 18.5 Å². The van der Waals surface area contributed by atoms with Crippen LogP contribution in [-0.2, 0) is 4.74 Å². The van der Waals surface area contributed by atoms with Crippen LogP contribution in [0.4, 0.5) is 0 Å². The van der Waals surface area contributed by atoms with Crippen LogP contribution >= 0.6 is 0 Å². The summed E-state index contributed by atoms with van der Waals surface area (Å²) < 4.78 is 5.58. The molecule has 4 nitrogen and oxygen atoms in total. The van der Waals surface area contributed by atoms with E-state index >= 15 is 0 Å². The van der Waals surface area contributed by atoms with E-state index in [1.807, 2.05) is 0 Å². The second-order valence-electron chi connectivity index (χ2n) is 3.65. The Bertz CT molecular complexity index is 213. The molecule has 0 amide bonds. The lowest BCUT2D eigenvalue weighted by atomic mass is 9.96. The molecule has 0 aromatic rings. The molecule has 2 N–H and O–H groups in total. The monoisotopic (exact) mass is 197 g/mol. The number of nitrogens with zero attached hydrogens (tertiary/aromatic N) is 2. The van der Waals surface area contributed by atoms with Gasteiger partial charge in [-0.2, -0.15) is 5.10 Å². The fourth-order valence-electron chi connectivity index (χ4n) is 1.20. The van der Waals surface area contributed by atoms with Crippen LogP contribution in [-0.4, -0.2) is 37.5 Å². The van der Waals surface area contributed by atoms with Gasteiger partial charge in [0, 0.05) is 19.5 Å². The Morgan fingerprint density at radius 3 is 2.79 bits per heavy atom. The molecule has 4 heteroatoms. The normalized spacial score (nSPS) is 18.4. The molecule has 0 unspecified atom stereocenters. The predicted octanol–water partition coefficient (Wildman–Crippen LogP) is 0.944. The van der Waals surface area contributed by atoms with Gasteiger partial charge in [-0.1, -0.05) is 6.58 Å². The van der Waals surface area contributed by atoms with Crippen molar-refractivity contribution in [3.63, 3.8) is 0 Å². The van der Waals surface area contributed by atoms with Crippen LogP contribution in [0.1, 0.15) is 19.3 Å². The minimum atomic E-state index is -0.189. The molecule has 1 atom stereocenters. The van der Waals surface area contributed by atoms with Crippen molar-refractivity contribution in [2.24, 2.45) is 10.8 Å². The molecule has 1 fully saturated rings. The van der Waals surface area contributed by atoms with Gasteiger partial charge in [0.15, 0.2) is 0 Å². The van der Waals surface area contributed by atoms with Crippen molar-refractivity contribution in [3.8, 4) is 0 Å². The van der Waals surface area contributed by atoms with Gasteiger partial charge in [0.25, 0.3) is 0 Å². The number of hydrogen-bond donors (Lipinski definition) is 1. The van der Waals surface area contributed by atoms with E-state index in [1.54, 1.807) is 12.1 Å². The van der Waals surface area contributed by atoms with E-state index in [4.69, 9.17) is 10.5 Å². The smallest absolute Gasteiger partial charge is 0.0697 e. The highest BCUT2D eigenvalue weighted by molar-refractivity contribution is 5.23. The van der Waals surface area contributed by atoms with Gasteiger partial charge in [0.1, 0.15) is 0 Å². The molecule has 0 aromatic carbocycles. The molecule has 0 bridgehead atoms. The maximum absolute atomic E-state index is 5.87. The van der Waals surface area contributed by atoms with Crippen LogP contribution in [0.3, 0.4) is 0 Å². The van der Waals surface area contributed by atoms with Crippen LogP contribution in [0.2, 0.25) is 0 Å². The Balaban J connectivity index is 2.22. The molecule has 0 spiro atoms. The zero-order valence-corrected chi connectivity index (χ0v) is 8.78. The average molecular weight is 197 g/mol. The quantitative estimate of drug-likeness (QED) is 0.509. The molecule has 80 valence electrons. The van der Waals surface area contributed by atoms with Crippen LogP contribution in [0.25, 0.3) is 0 Å². The zero-order chi connectivity index (χ0) is 10.6. The summed E-state index contributed by atoms with van der Waals surface area (Å²) in [7, 11) is 1.78. The molecule has 1 aliphatic carbocycles. The maximum atomic E-state index is 5.87. The van der Waals surface area contributed by atoms with Gasteiger partial charge in [0.2, 0.25) is 0 Å². The molecular formula is C10H19N3O. The lowest BCUT2D eigenvalue weighted by Crippen LogP contribution is -2.36. The lowest BCUT2D eigenvalue weighted by Gasteiger charge is -2.28. The lowest BCUT2D eigenvalue weighted by molar-refractivity contribution is -0.00271. The van der Waals surface area contributed by atoms with E-state index in [9.17, 15) is 0 Å². The van der Waals surface area contributed by atoms with E-state index in [2.05, 4.69) is 18.4 Å². The SMILES string of the molecule is C=NN(C)C(=C)[C@H](N)COC1CCC1. The highest BCUT2D eigenvalue weighted by Gasteiger charge is 2.20. The highest BCUT2D eigenvalue weighted by atomic mass is 16.5. The van der Waals surface area contributed by atoms with Gasteiger partial charge >= 0.3 is 0 Å². The van der Waals surface area contributed by atoms with Gasteiger partial charge in [-0.3, -0.25) is 5.01 Å². The third-order valence-electron chi connectivity index (χ3n) is 2.62. The minimum Gasteiger partial charge on any atom is -0.376 e. The van der Waals surface area contributed by atoms with Crippen LogP contribution < -0.4 is 5.73 Å². The van der Waals surface area contributed by atoms with Gasteiger partial charge in [-0.05, 0) is 19.3 Å². The summed E-state index contributed by atoms with van der Waals surface area (Å²) in [5.74, 6) is 0. The second-order valence-corrected chi connectivity index (χ2v) is 3.65. The van der Waals surface area contributed by atoms with Crippen molar-refractivity contribution < 1.29 is 4.74 Å². The summed E-state index contributed by atoms with van der Waals surface area (Å²) in [6, 6.07) is -0.189. The topological polar surface area (TPSA) is 50.8 Å². The van der Waals surface area contributed by atoms with Crippen LogP contribution in [0.15, 0.2) is 17.4 Å². The second kappa shape index (κ2) is 5.12. The first-order valence-electron chi connectivity index (χ1n) is 4.91. The summed E-state index contributed by atoms with van der Waals surface area (Å²) in [4.78, 5) is 0. The Morgan fingerprint density at radius 2 is 2.36 bits per heavy atom. The first-order valence-corrected chi connectivity index (χ1v) is 4.91. The van der Waals surface area contributed by atoms with Crippen molar-refractivity contribution in [2.75, 3.05) is 13.7 Å². The molecule has 1 saturated carbocycles. The number of hydrazone groups is 1. The summed E-state index contributed by atoms with van der Waals surface area (Å²) in [6.07, 6.45) is 4.01. The molecular weight excluding hydrogens is 178 g/mol. The molecule has 0 aliphatic heterocycles. The number of nitrogens with two attached hydrogens (primary N) is 1. The zero-order valence-electron chi connectivity index (χ0n) is 8.78. The maximum Gasteiger partial charge on any atom is 0.0697 e. The molecule has 1 rings (SSSR count). The summed E-state index contributed by atoms with van der Waals surface area (Å²) in [5, 5.41) is 5.30. The van der Waals surface area contributed by atoms with E-state index in [0.29, 0.717) is 12.7 Å². The molecule has 0 radical (unpaired) electrons. The Labute approximate surface area is 85.4 Å². The van der Waals surface area contributed by atoms with Crippen molar-refractivity contribution in [3.05, 3.63) is 12.3 Å². The van der Waals surface area contributed by atoms with Gasteiger partial charge in [0.05, 0.1) is 18.8 Å². The van der Waals surface area contributed by atoms with Crippen molar-refractivity contribution in [1.82, 2.24) is 5.01 Å². The number of ether oxygens (including phenoxy) is 1. The Hall–Kier alpha value is -0.870. The fraction of sp³-hybridized carbons (Fsp3) is 0.700. The molecule has 0 heterocycles. The van der Waals surface area contributed by atoms with Crippen LogP contribution in [0.5, 0.6) is 0 Å². The third-order valence-corrected chi connectivity index (χ3v) is 2.62. The van der Waals surface area contributed by atoms with Crippen molar-refractivity contribution in [1.29, 1.82) is 0 Å². The Kier molecular flexibility index (Phi) is 4.10. The number of likely N-dealkylation sites (N-methyl/N-ethyl adjacent to an activating group) is 1. The van der Waals surface area contributed by atoms with E-state index < -0.39 is 0 Å². The largest absolute Gasteiger partial charge is 0.376 e. The first-order chi connectivity index (χ1) is 6.65. The minimum absolute atomic E-state index is 0.189. The third kappa shape index (κ3) is 2.82. The Morgan fingerprint density at radius 1 is 1.71 bits per heavy atom. The standard InChI is InChI=1S/C10H19N3O/c1-8(13(3)12-2)10(11)7-14-9-5-4-6-9/h9-10H,1-2,4-7,11H2,3H3/t10-/m1/s1. The fourth-order valence-corrected chi connectivity index (χ4v) is 1.20. The number of rotatable bonds is 6. The molecule has 0 saturated heterocycles. The van der Waals surface area contributed by atoms with Crippen molar-refractivity contribution >= 4 is 6.72 Å². The molecule has 14 heavy (non-hydrogen) atoms. The molecule has 0 aromatic heterocycles. The summed E-state index contributed by atoms with van der Waals surface area (Å²) >= 11 is 0. The van der Waals surface area contributed by atoms with Crippen LogP contribution in [0, 0.1) is 0 Å². The highest BCUT2D eigenvalue weighted by Crippen LogP contribution is 2.22. The van der Waals surface area contributed by atoms with E-state index in [1.165, 1.54) is 6.42 Å². The van der Waals surface area contributed by atoms with Gasteiger partial charge in [-0.15, -0.1) is 0 Å². The first kappa shape index (κ1) is 11.2.